The minimum atomic E-state index is -0.766. The lowest BCUT2D eigenvalue weighted by atomic mass is 10.1. The average Bonchev–Trinajstić information content (AvgIpc) is 2.96. The monoisotopic (exact) mass is 268 g/mol. The summed E-state index contributed by atoms with van der Waals surface area (Å²) in [6.45, 7) is 1.99. The first-order chi connectivity index (χ1) is 8.60. The predicted octanol–water partition coefficient (Wildman–Crippen LogP) is 1.69. The smallest absolute Gasteiger partial charge is 0.306 e. The second-order valence-corrected chi connectivity index (χ2v) is 5.61. The first kappa shape index (κ1) is 13.0. The lowest BCUT2D eigenvalue weighted by Crippen LogP contribution is -2.32. The van der Waals surface area contributed by atoms with E-state index in [2.05, 4.69) is 10.3 Å². The topological polar surface area (TPSA) is 79.3 Å². The van der Waals surface area contributed by atoms with Crippen molar-refractivity contribution in [3.05, 3.63) is 16.1 Å². The number of carbonyl (C=O) groups excluding carboxylic acids is 1. The standard InChI is InChI=1S/C12H16N2O3S/c1-2-10-13-6-9(18-10)11(15)14-8-4-3-7(5-8)12(16)17/h6-8H,2-5H2,1H3,(H,14,15)(H,16,17)/t7-,8+/m0/s1. The Kier molecular flexibility index (Phi) is 3.96. The summed E-state index contributed by atoms with van der Waals surface area (Å²) >= 11 is 1.39. The van der Waals surface area contributed by atoms with Gasteiger partial charge in [0.1, 0.15) is 4.88 Å². The van der Waals surface area contributed by atoms with Crippen LogP contribution < -0.4 is 5.32 Å². The van der Waals surface area contributed by atoms with Crippen molar-refractivity contribution < 1.29 is 14.7 Å². The summed E-state index contributed by atoms with van der Waals surface area (Å²) < 4.78 is 0. The third-order valence-corrected chi connectivity index (χ3v) is 4.34. The van der Waals surface area contributed by atoms with E-state index in [9.17, 15) is 9.59 Å². The number of carboxylic acids is 1. The van der Waals surface area contributed by atoms with Crippen LogP contribution in [-0.2, 0) is 11.2 Å². The van der Waals surface area contributed by atoms with E-state index in [1.807, 2.05) is 6.92 Å². The molecule has 1 aliphatic rings. The zero-order chi connectivity index (χ0) is 13.1. The number of hydrogen-bond acceptors (Lipinski definition) is 4. The van der Waals surface area contributed by atoms with Crippen LogP contribution in [0.4, 0.5) is 0 Å². The number of aromatic nitrogens is 1. The van der Waals surface area contributed by atoms with Crippen molar-refractivity contribution in [1.82, 2.24) is 10.3 Å². The molecule has 1 aliphatic carbocycles. The highest BCUT2D eigenvalue weighted by Gasteiger charge is 2.30. The molecule has 0 unspecified atom stereocenters. The predicted molar refractivity (Wildman–Crippen MR) is 67.7 cm³/mol. The maximum Gasteiger partial charge on any atom is 0.306 e. The van der Waals surface area contributed by atoms with Gasteiger partial charge in [0.25, 0.3) is 5.91 Å². The Bertz CT molecular complexity index is 458. The molecule has 18 heavy (non-hydrogen) atoms. The Morgan fingerprint density at radius 2 is 2.33 bits per heavy atom. The summed E-state index contributed by atoms with van der Waals surface area (Å²) in [5, 5.41) is 12.7. The fraction of sp³-hybridized carbons (Fsp3) is 0.583. The van der Waals surface area contributed by atoms with Crippen LogP contribution in [0.5, 0.6) is 0 Å². The normalized spacial score (nSPS) is 22.9. The third kappa shape index (κ3) is 2.87. The highest BCUT2D eigenvalue weighted by molar-refractivity contribution is 7.13. The molecule has 0 spiro atoms. The van der Waals surface area contributed by atoms with E-state index in [4.69, 9.17) is 5.11 Å². The van der Waals surface area contributed by atoms with E-state index in [-0.39, 0.29) is 17.9 Å². The van der Waals surface area contributed by atoms with E-state index in [0.29, 0.717) is 17.7 Å². The Balaban J connectivity index is 1.90. The van der Waals surface area contributed by atoms with Gasteiger partial charge in [-0.3, -0.25) is 9.59 Å². The molecule has 6 heteroatoms. The molecule has 98 valence electrons. The second-order valence-electron chi connectivity index (χ2n) is 4.49. The molecule has 1 fully saturated rings. The number of nitrogens with zero attached hydrogens (tertiary/aromatic N) is 1. The summed E-state index contributed by atoms with van der Waals surface area (Å²) in [6.07, 6.45) is 4.32. The molecule has 1 heterocycles. The summed E-state index contributed by atoms with van der Waals surface area (Å²) in [5.74, 6) is -1.22. The molecule has 0 saturated heterocycles. The van der Waals surface area contributed by atoms with Crippen molar-refractivity contribution in [3.8, 4) is 0 Å². The molecule has 1 amide bonds. The van der Waals surface area contributed by atoms with Crippen molar-refractivity contribution >= 4 is 23.2 Å². The van der Waals surface area contributed by atoms with Crippen LogP contribution in [0.2, 0.25) is 0 Å². The number of aliphatic carboxylic acids is 1. The molecule has 0 aliphatic heterocycles. The van der Waals surface area contributed by atoms with E-state index in [1.54, 1.807) is 6.20 Å². The van der Waals surface area contributed by atoms with Crippen LogP contribution in [0.1, 0.15) is 40.9 Å². The fourth-order valence-corrected chi connectivity index (χ4v) is 2.93. The number of nitrogens with one attached hydrogen (secondary N) is 1. The fourth-order valence-electron chi connectivity index (χ4n) is 2.17. The van der Waals surface area contributed by atoms with Crippen molar-refractivity contribution in [2.24, 2.45) is 5.92 Å². The molecule has 5 nitrogen and oxygen atoms in total. The van der Waals surface area contributed by atoms with Gasteiger partial charge in [0, 0.05) is 6.04 Å². The van der Waals surface area contributed by atoms with Gasteiger partial charge < -0.3 is 10.4 Å². The number of hydrogen-bond donors (Lipinski definition) is 2. The zero-order valence-corrected chi connectivity index (χ0v) is 11.0. The van der Waals surface area contributed by atoms with Gasteiger partial charge in [-0.2, -0.15) is 0 Å². The molecule has 1 saturated carbocycles. The Morgan fingerprint density at radius 3 is 2.89 bits per heavy atom. The van der Waals surface area contributed by atoms with Crippen LogP contribution in [0.15, 0.2) is 6.20 Å². The van der Waals surface area contributed by atoms with Gasteiger partial charge in [0.2, 0.25) is 0 Å². The van der Waals surface area contributed by atoms with Crippen LogP contribution in [-0.4, -0.2) is 28.0 Å². The number of rotatable bonds is 4. The molecule has 2 N–H and O–H groups in total. The lowest BCUT2D eigenvalue weighted by Gasteiger charge is -2.10. The maximum atomic E-state index is 11.9. The van der Waals surface area contributed by atoms with Crippen LogP contribution >= 0.6 is 11.3 Å². The molecule has 2 atom stereocenters. The minimum absolute atomic E-state index is 0.0224. The number of amides is 1. The number of carboxylic acid groups (broad SMARTS) is 1. The van der Waals surface area contributed by atoms with Gasteiger partial charge in [-0.25, -0.2) is 4.98 Å². The largest absolute Gasteiger partial charge is 0.481 e. The molecular formula is C12H16N2O3S. The Labute approximate surface area is 109 Å². The summed E-state index contributed by atoms with van der Waals surface area (Å²) in [7, 11) is 0. The van der Waals surface area contributed by atoms with Gasteiger partial charge in [-0.1, -0.05) is 6.92 Å². The van der Waals surface area contributed by atoms with Gasteiger partial charge in [-0.15, -0.1) is 11.3 Å². The molecule has 1 aromatic rings. The second kappa shape index (κ2) is 5.48. The molecule has 1 aromatic heterocycles. The van der Waals surface area contributed by atoms with E-state index < -0.39 is 5.97 Å². The molecular weight excluding hydrogens is 252 g/mol. The van der Waals surface area contributed by atoms with Gasteiger partial charge in [-0.05, 0) is 25.7 Å². The maximum absolute atomic E-state index is 11.9. The molecule has 2 rings (SSSR count). The average molecular weight is 268 g/mol. The molecule has 0 aromatic carbocycles. The van der Waals surface area contributed by atoms with Gasteiger partial charge in [0.15, 0.2) is 0 Å². The van der Waals surface area contributed by atoms with Crippen molar-refractivity contribution in [3.63, 3.8) is 0 Å². The van der Waals surface area contributed by atoms with Crippen molar-refractivity contribution in [1.29, 1.82) is 0 Å². The SMILES string of the molecule is CCc1ncc(C(=O)N[C@@H]2CC[C@H](C(=O)O)C2)s1. The van der Waals surface area contributed by atoms with Crippen LogP contribution in [0.3, 0.4) is 0 Å². The van der Waals surface area contributed by atoms with E-state index in [0.717, 1.165) is 17.8 Å². The van der Waals surface area contributed by atoms with Crippen molar-refractivity contribution in [2.45, 2.75) is 38.6 Å². The Morgan fingerprint density at radius 1 is 1.56 bits per heavy atom. The van der Waals surface area contributed by atoms with Gasteiger partial charge in [0.05, 0.1) is 17.1 Å². The summed E-state index contributed by atoms with van der Waals surface area (Å²) in [4.78, 5) is 27.5. The number of thiazole rings is 1. The summed E-state index contributed by atoms with van der Waals surface area (Å²) in [6, 6.07) is -0.0224. The minimum Gasteiger partial charge on any atom is -0.481 e. The van der Waals surface area contributed by atoms with Crippen LogP contribution in [0, 0.1) is 5.92 Å². The number of aryl methyl sites for hydroxylation is 1. The number of carbonyl (C=O) groups is 2. The van der Waals surface area contributed by atoms with Crippen LogP contribution in [0.25, 0.3) is 0 Å². The van der Waals surface area contributed by atoms with Crippen molar-refractivity contribution in [2.75, 3.05) is 0 Å². The van der Waals surface area contributed by atoms with E-state index >= 15 is 0 Å². The quantitative estimate of drug-likeness (QED) is 0.871. The first-order valence-electron chi connectivity index (χ1n) is 6.08. The third-order valence-electron chi connectivity index (χ3n) is 3.20. The zero-order valence-electron chi connectivity index (χ0n) is 10.2. The highest BCUT2D eigenvalue weighted by Crippen LogP contribution is 2.26. The van der Waals surface area contributed by atoms with E-state index in [1.165, 1.54) is 11.3 Å². The Hall–Kier alpha value is -1.43. The first-order valence-corrected chi connectivity index (χ1v) is 6.90. The summed E-state index contributed by atoms with van der Waals surface area (Å²) in [5.41, 5.74) is 0. The lowest BCUT2D eigenvalue weighted by molar-refractivity contribution is -0.141. The van der Waals surface area contributed by atoms with Gasteiger partial charge >= 0.3 is 5.97 Å². The highest BCUT2D eigenvalue weighted by atomic mass is 32.1. The molecule has 0 bridgehead atoms. The molecule has 0 radical (unpaired) electrons.